The Hall–Kier alpha value is -1.10. The molecule has 0 fully saturated rings. The van der Waals surface area contributed by atoms with Crippen LogP contribution >= 0.6 is 15.9 Å². The normalized spacial score (nSPS) is 12.8. The molecule has 0 radical (unpaired) electrons. The fourth-order valence-corrected chi connectivity index (χ4v) is 2.53. The molecule has 0 aliphatic rings. The first kappa shape index (κ1) is 14.3. The smallest absolute Gasteiger partial charge is 0.243 e. The first-order valence-corrected chi connectivity index (χ1v) is 7.77. The second-order valence-electron chi connectivity index (χ2n) is 4.95. The zero-order chi connectivity index (χ0) is 13.7. The molecule has 0 bridgehead atoms. The Kier molecular flexibility index (Phi) is 5.19. The van der Waals surface area contributed by atoms with Gasteiger partial charge in [-0.3, -0.25) is 0 Å². The van der Waals surface area contributed by atoms with Gasteiger partial charge in [-0.05, 0) is 41.4 Å². The number of unbranched alkanes of at least 4 members (excludes halogenated alkanes) is 3. The Bertz CT molecular complexity index is 523. The van der Waals surface area contributed by atoms with Crippen molar-refractivity contribution >= 4 is 27.5 Å². The van der Waals surface area contributed by atoms with Crippen molar-refractivity contribution in [2.45, 2.75) is 52.0 Å². The maximum atomic E-state index is 4.49. The van der Waals surface area contributed by atoms with Gasteiger partial charge >= 0.3 is 0 Å². The summed E-state index contributed by atoms with van der Waals surface area (Å²) in [6, 6.07) is 4.33. The third kappa shape index (κ3) is 3.93. The van der Waals surface area contributed by atoms with Gasteiger partial charge in [-0.1, -0.05) is 32.6 Å². The number of hydrogen-bond donors (Lipinski definition) is 1. The van der Waals surface area contributed by atoms with Crippen molar-refractivity contribution in [3.63, 3.8) is 0 Å². The molecule has 104 valence electrons. The average molecular weight is 325 g/mol. The monoisotopic (exact) mass is 324 g/mol. The van der Waals surface area contributed by atoms with Crippen LogP contribution in [0.5, 0.6) is 0 Å². The number of hydrogen-bond acceptors (Lipinski definition) is 3. The Morgan fingerprint density at radius 2 is 2.21 bits per heavy atom. The second kappa shape index (κ2) is 6.89. The van der Waals surface area contributed by atoms with Crippen LogP contribution in [0.2, 0.25) is 0 Å². The topological polar surface area (TPSA) is 42.2 Å². The SMILES string of the molecule is CCCCCCC(C)Nc1nc2c(Br)cccn2n1. The van der Waals surface area contributed by atoms with E-state index in [1.807, 2.05) is 18.3 Å². The zero-order valence-corrected chi connectivity index (χ0v) is 13.2. The van der Waals surface area contributed by atoms with Crippen LogP contribution in [0.1, 0.15) is 46.0 Å². The lowest BCUT2D eigenvalue weighted by atomic mass is 10.1. The third-order valence-corrected chi connectivity index (χ3v) is 3.80. The van der Waals surface area contributed by atoms with Crippen LogP contribution in [0.25, 0.3) is 5.65 Å². The zero-order valence-electron chi connectivity index (χ0n) is 11.6. The predicted octanol–water partition coefficient (Wildman–Crippen LogP) is 4.26. The number of aromatic nitrogens is 3. The maximum Gasteiger partial charge on any atom is 0.243 e. The van der Waals surface area contributed by atoms with E-state index in [-0.39, 0.29) is 0 Å². The first-order chi connectivity index (χ1) is 9.20. The van der Waals surface area contributed by atoms with E-state index in [0.29, 0.717) is 12.0 Å². The van der Waals surface area contributed by atoms with E-state index >= 15 is 0 Å². The van der Waals surface area contributed by atoms with Crippen molar-refractivity contribution in [2.24, 2.45) is 0 Å². The highest BCUT2D eigenvalue weighted by molar-refractivity contribution is 9.10. The number of anilines is 1. The molecule has 0 aromatic carbocycles. The summed E-state index contributed by atoms with van der Waals surface area (Å²) in [6.45, 7) is 4.42. The van der Waals surface area contributed by atoms with Crippen LogP contribution in [0.3, 0.4) is 0 Å². The lowest BCUT2D eigenvalue weighted by Gasteiger charge is -2.11. The molecular weight excluding hydrogens is 304 g/mol. The van der Waals surface area contributed by atoms with Crippen LogP contribution in [-0.2, 0) is 0 Å². The van der Waals surface area contributed by atoms with Crippen molar-refractivity contribution in [1.82, 2.24) is 14.6 Å². The lowest BCUT2D eigenvalue weighted by molar-refractivity contribution is 0.591. The van der Waals surface area contributed by atoms with Gasteiger partial charge in [-0.15, -0.1) is 5.10 Å². The molecule has 1 atom stereocenters. The molecule has 5 heteroatoms. The number of pyridine rings is 1. The van der Waals surface area contributed by atoms with Crippen LogP contribution in [0.4, 0.5) is 5.95 Å². The Morgan fingerprint density at radius 3 is 2.95 bits per heavy atom. The fourth-order valence-electron chi connectivity index (χ4n) is 2.10. The molecule has 2 aromatic heterocycles. The van der Waals surface area contributed by atoms with E-state index < -0.39 is 0 Å². The largest absolute Gasteiger partial charge is 0.350 e. The van der Waals surface area contributed by atoms with Gasteiger partial charge in [0.25, 0.3) is 0 Å². The standard InChI is InChI=1S/C14H21BrN4/c1-3-4-5-6-8-11(2)16-14-17-13-12(15)9-7-10-19(13)18-14/h7,9-11H,3-6,8H2,1-2H3,(H,16,18). The van der Waals surface area contributed by atoms with Gasteiger partial charge in [0, 0.05) is 12.2 Å². The fraction of sp³-hybridized carbons (Fsp3) is 0.571. The number of nitrogens with one attached hydrogen (secondary N) is 1. The number of nitrogens with zero attached hydrogens (tertiary/aromatic N) is 3. The highest BCUT2D eigenvalue weighted by Gasteiger charge is 2.08. The van der Waals surface area contributed by atoms with E-state index in [4.69, 9.17) is 0 Å². The quantitative estimate of drug-likeness (QED) is 0.773. The minimum Gasteiger partial charge on any atom is -0.350 e. The summed E-state index contributed by atoms with van der Waals surface area (Å²) in [5.41, 5.74) is 0.850. The molecule has 0 spiro atoms. The summed E-state index contributed by atoms with van der Waals surface area (Å²) < 4.78 is 2.75. The van der Waals surface area contributed by atoms with Crippen molar-refractivity contribution in [3.05, 3.63) is 22.8 Å². The van der Waals surface area contributed by atoms with Gasteiger partial charge in [0.05, 0.1) is 4.47 Å². The van der Waals surface area contributed by atoms with Crippen molar-refractivity contribution in [3.8, 4) is 0 Å². The predicted molar refractivity (Wildman–Crippen MR) is 82.5 cm³/mol. The average Bonchev–Trinajstić information content (AvgIpc) is 2.79. The molecule has 0 amide bonds. The van der Waals surface area contributed by atoms with Gasteiger partial charge in [0.15, 0.2) is 5.65 Å². The molecule has 2 heterocycles. The van der Waals surface area contributed by atoms with Gasteiger partial charge in [-0.2, -0.15) is 4.98 Å². The van der Waals surface area contributed by atoms with Gasteiger partial charge in [-0.25, -0.2) is 4.52 Å². The van der Waals surface area contributed by atoms with Crippen molar-refractivity contribution in [2.75, 3.05) is 5.32 Å². The lowest BCUT2D eigenvalue weighted by Crippen LogP contribution is -2.15. The Morgan fingerprint density at radius 1 is 1.37 bits per heavy atom. The molecule has 0 aliphatic heterocycles. The maximum absolute atomic E-state index is 4.49. The van der Waals surface area contributed by atoms with Crippen LogP contribution in [-0.4, -0.2) is 20.6 Å². The molecule has 2 rings (SSSR count). The van der Waals surface area contributed by atoms with Gasteiger partial charge in [0.1, 0.15) is 0 Å². The highest BCUT2D eigenvalue weighted by Crippen LogP contribution is 2.17. The van der Waals surface area contributed by atoms with E-state index in [1.54, 1.807) is 4.52 Å². The summed E-state index contributed by atoms with van der Waals surface area (Å²) >= 11 is 3.48. The molecular formula is C14H21BrN4. The minimum atomic E-state index is 0.410. The van der Waals surface area contributed by atoms with E-state index in [1.165, 1.54) is 25.7 Å². The summed E-state index contributed by atoms with van der Waals surface area (Å²) in [7, 11) is 0. The Labute approximate surface area is 122 Å². The second-order valence-corrected chi connectivity index (χ2v) is 5.81. The summed E-state index contributed by atoms with van der Waals surface area (Å²) in [5, 5.41) is 7.79. The summed E-state index contributed by atoms with van der Waals surface area (Å²) in [4.78, 5) is 4.49. The van der Waals surface area contributed by atoms with Crippen LogP contribution < -0.4 is 5.32 Å². The number of rotatable bonds is 7. The number of fused-ring (bicyclic) bond motifs is 1. The third-order valence-electron chi connectivity index (χ3n) is 3.18. The van der Waals surface area contributed by atoms with Crippen LogP contribution in [0.15, 0.2) is 22.8 Å². The molecule has 0 saturated carbocycles. The van der Waals surface area contributed by atoms with Gasteiger partial charge < -0.3 is 5.32 Å². The van der Waals surface area contributed by atoms with Gasteiger partial charge in [0.2, 0.25) is 5.95 Å². The molecule has 0 saturated heterocycles. The molecule has 0 aliphatic carbocycles. The van der Waals surface area contributed by atoms with E-state index in [0.717, 1.165) is 16.5 Å². The molecule has 19 heavy (non-hydrogen) atoms. The Balaban J connectivity index is 1.92. The highest BCUT2D eigenvalue weighted by atomic mass is 79.9. The molecule has 4 nitrogen and oxygen atoms in total. The number of halogens is 1. The van der Waals surface area contributed by atoms with Crippen molar-refractivity contribution < 1.29 is 0 Å². The first-order valence-electron chi connectivity index (χ1n) is 6.98. The molecule has 1 N–H and O–H groups in total. The minimum absolute atomic E-state index is 0.410. The summed E-state index contributed by atoms with van der Waals surface area (Å²) in [5.74, 6) is 0.704. The molecule has 2 aromatic rings. The van der Waals surface area contributed by atoms with E-state index in [2.05, 4.69) is 45.2 Å². The van der Waals surface area contributed by atoms with Crippen LogP contribution in [0, 0.1) is 0 Å². The van der Waals surface area contributed by atoms with E-state index in [9.17, 15) is 0 Å². The summed E-state index contributed by atoms with van der Waals surface area (Å²) in [6.07, 6.45) is 8.25. The van der Waals surface area contributed by atoms with Crippen molar-refractivity contribution in [1.29, 1.82) is 0 Å². The molecule has 1 unspecified atom stereocenters.